The Morgan fingerprint density at radius 1 is 0.909 bits per heavy atom. The van der Waals surface area contributed by atoms with Crippen molar-refractivity contribution in [3.05, 3.63) is 24.4 Å². The van der Waals surface area contributed by atoms with Gasteiger partial charge in [-0.1, -0.05) is 6.07 Å². The van der Waals surface area contributed by atoms with E-state index in [1.54, 1.807) is 0 Å². The molecule has 0 aliphatic carbocycles. The Morgan fingerprint density at radius 3 is 2.27 bits per heavy atom. The maximum absolute atomic E-state index is 4.48. The average Bonchev–Trinajstić information content (AvgIpc) is 2.63. The van der Waals surface area contributed by atoms with E-state index >= 15 is 0 Å². The summed E-state index contributed by atoms with van der Waals surface area (Å²) in [5.41, 5.74) is 0. The standard InChI is InChI=1S/C17H28N5/c1-2-4-18-17(3-1)21-7-5-19(6-8-21)9-13-22-14-10-20(11-15-22)12-16-22/h1-4H,5-16H2/q+1. The second kappa shape index (κ2) is 6.14. The fourth-order valence-corrected chi connectivity index (χ4v) is 4.16. The van der Waals surface area contributed by atoms with Crippen molar-refractivity contribution in [2.24, 2.45) is 0 Å². The molecule has 4 fully saturated rings. The lowest BCUT2D eigenvalue weighted by atomic mass is 10.1. The highest BCUT2D eigenvalue weighted by atomic mass is 15.5. The third-order valence-corrected chi connectivity index (χ3v) is 5.91. The molecule has 4 aliphatic rings. The van der Waals surface area contributed by atoms with Gasteiger partial charge in [-0.05, 0) is 12.1 Å². The zero-order valence-electron chi connectivity index (χ0n) is 13.5. The lowest BCUT2D eigenvalue weighted by Gasteiger charge is -2.51. The second-order valence-electron chi connectivity index (χ2n) is 7.09. The van der Waals surface area contributed by atoms with Gasteiger partial charge in [0.05, 0.1) is 26.2 Å². The zero-order valence-corrected chi connectivity index (χ0v) is 13.5. The first-order valence-corrected chi connectivity index (χ1v) is 8.79. The van der Waals surface area contributed by atoms with E-state index in [9.17, 15) is 0 Å². The molecular formula is C17H28N5+. The predicted octanol–water partition coefficient (Wildman–Crippen LogP) is 0.350. The largest absolute Gasteiger partial charge is 0.354 e. The van der Waals surface area contributed by atoms with Gasteiger partial charge in [0.2, 0.25) is 0 Å². The van der Waals surface area contributed by atoms with Gasteiger partial charge in [-0.3, -0.25) is 9.80 Å². The topological polar surface area (TPSA) is 22.6 Å². The number of rotatable bonds is 4. The smallest absolute Gasteiger partial charge is 0.128 e. The molecule has 1 aromatic rings. The zero-order chi connectivity index (χ0) is 14.8. The molecule has 0 radical (unpaired) electrons. The lowest BCUT2D eigenvalue weighted by molar-refractivity contribution is -0.940. The van der Waals surface area contributed by atoms with Crippen molar-refractivity contribution in [1.29, 1.82) is 0 Å². The highest BCUT2D eigenvalue weighted by Crippen LogP contribution is 2.19. The molecule has 1 aromatic heterocycles. The third kappa shape index (κ3) is 2.98. The molecule has 0 spiro atoms. The van der Waals surface area contributed by atoms with Crippen LogP contribution < -0.4 is 4.90 Å². The molecule has 2 bridgehead atoms. The van der Waals surface area contributed by atoms with E-state index < -0.39 is 0 Å². The Bertz CT molecular complexity index is 461. The van der Waals surface area contributed by atoms with Crippen LogP contribution in [-0.4, -0.2) is 97.8 Å². The number of nitrogens with zero attached hydrogens (tertiary/aromatic N) is 5. The summed E-state index contributed by atoms with van der Waals surface area (Å²) >= 11 is 0. The molecular weight excluding hydrogens is 274 g/mol. The summed E-state index contributed by atoms with van der Waals surface area (Å²) in [5.74, 6) is 1.14. The second-order valence-corrected chi connectivity index (χ2v) is 7.09. The summed E-state index contributed by atoms with van der Waals surface area (Å²) in [5, 5.41) is 0. The molecule has 0 aromatic carbocycles. The minimum Gasteiger partial charge on any atom is -0.354 e. The first-order valence-electron chi connectivity index (χ1n) is 8.79. The molecule has 0 N–H and O–H groups in total. The van der Waals surface area contributed by atoms with Crippen LogP contribution in [0.15, 0.2) is 24.4 Å². The molecule has 0 amide bonds. The Hall–Kier alpha value is -1.17. The highest BCUT2D eigenvalue weighted by molar-refractivity contribution is 5.38. The van der Waals surface area contributed by atoms with Gasteiger partial charge >= 0.3 is 0 Å². The van der Waals surface area contributed by atoms with E-state index in [0.717, 1.165) is 18.9 Å². The number of anilines is 1. The van der Waals surface area contributed by atoms with Crippen molar-refractivity contribution in [1.82, 2.24) is 14.8 Å². The van der Waals surface area contributed by atoms with Crippen LogP contribution >= 0.6 is 0 Å². The Balaban J connectivity index is 1.26. The summed E-state index contributed by atoms with van der Waals surface area (Å²) in [4.78, 5) is 12.2. The maximum atomic E-state index is 4.48. The maximum Gasteiger partial charge on any atom is 0.128 e. The molecule has 0 atom stereocenters. The molecule has 4 aliphatic heterocycles. The number of hydrogen-bond acceptors (Lipinski definition) is 4. The number of piperazine rings is 4. The van der Waals surface area contributed by atoms with Crippen molar-refractivity contribution in [2.75, 3.05) is 83.4 Å². The van der Waals surface area contributed by atoms with Crippen LogP contribution in [-0.2, 0) is 0 Å². The molecule has 5 nitrogen and oxygen atoms in total. The minimum atomic E-state index is 1.12. The van der Waals surface area contributed by atoms with Crippen molar-refractivity contribution in [3.8, 4) is 0 Å². The number of aromatic nitrogens is 1. The van der Waals surface area contributed by atoms with Gasteiger partial charge in [0.1, 0.15) is 5.82 Å². The fourth-order valence-electron chi connectivity index (χ4n) is 4.16. The van der Waals surface area contributed by atoms with Crippen LogP contribution in [0.3, 0.4) is 0 Å². The summed E-state index contributed by atoms with van der Waals surface area (Å²) in [6.45, 7) is 15.4. The number of quaternary nitrogens is 1. The number of hydrogen-bond donors (Lipinski definition) is 0. The average molecular weight is 302 g/mol. The molecule has 5 heterocycles. The molecule has 0 saturated carbocycles. The van der Waals surface area contributed by atoms with Crippen LogP contribution in [0.2, 0.25) is 0 Å². The predicted molar refractivity (Wildman–Crippen MR) is 89.1 cm³/mol. The summed E-state index contributed by atoms with van der Waals surface area (Å²) in [6.07, 6.45) is 1.90. The fraction of sp³-hybridized carbons (Fsp3) is 0.706. The molecule has 5 heteroatoms. The van der Waals surface area contributed by atoms with Crippen molar-refractivity contribution in [2.45, 2.75) is 0 Å². The summed E-state index contributed by atoms with van der Waals surface area (Å²) in [7, 11) is 0. The highest BCUT2D eigenvalue weighted by Gasteiger charge is 2.38. The monoisotopic (exact) mass is 302 g/mol. The van der Waals surface area contributed by atoms with Crippen LogP contribution in [0.5, 0.6) is 0 Å². The summed E-state index contributed by atoms with van der Waals surface area (Å²) in [6, 6.07) is 6.20. The van der Waals surface area contributed by atoms with E-state index in [4.69, 9.17) is 0 Å². The van der Waals surface area contributed by atoms with Gasteiger partial charge < -0.3 is 9.38 Å². The first kappa shape index (κ1) is 14.4. The van der Waals surface area contributed by atoms with Crippen LogP contribution in [0, 0.1) is 0 Å². The quantitative estimate of drug-likeness (QED) is 0.749. The van der Waals surface area contributed by atoms with E-state index in [-0.39, 0.29) is 0 Å². The normalized spacial score (nSPS) is 32.4. The van der Waals surface area contributed by atoms with Gasteiger partial charge in [0.15, 0.2) is 0 Å². The molecule has 22 heavy (non-hydrogen) atoms. The third-order valence-electron chi connectivity index (χ3n) is 5.91. The van der Waals surface area contributed by atoms with Gasteiger partial charge in [-0.15, -0.1) is 0 Å². The van der Waals surface area contributed by atoms with Crippen molar-refractivity contribution in [3.63, 3.8) is 0 Å². The molecule has 5 rings (SSSR count). The number of pyridine rings is 1. The number of fused-ring (bicyclic) bond motifs is 3. The minimum absolute atomic E-state index is 1.12. The van der Waals surface area contributed by atoms with Gasteiger partial charge in [-0.2, -0.15) is 0 Å². The van der Waals surface area contributed by atoms with Crippen LogP contribution in [0.25, 0.3) is 0 Å². The first-order chi connectivity index (χ1) is 10.8. The SMILES string of the molecule is c1ccc(N2CCN(CC[N+]34CCN(CC3)CC4)CC2)nc1. The summed E-state index contributed by atoms with van der Waals surface area (Å²) < 4.78 is 1.39. The lowest BCUT2D eigenvalue weighted by Crippen LogP contribution is -2.68. The molecule has 4 saturated heterocycles. The molecule has 120 valence electrons. The van der Waals surface area contributed by atoms with Gasteiger partial charge in [0, 0.05) is 58.6 Å². The Labute approximate surface area is 133 Å². The molecule has 0 unspecified atom stereocenters. The van der Waals surface area contributed by atoms with E-state index in [1.807, 2.05) is 12.3 Å². The van der Waals surface area contributed by atoms with Crippen LogP contribution in [0.1, 0.15) is 0 Å². The van der Waals surface area contributed by atoms with Crippen molar-refractivity contribution >= 4 is 5.82 Å². The van der Waals surface area contributed by atoms with Crippen LogP contribution in [0.4, 0.5) is 5.82 Å². The van der Waals surface area contributed by atoms with Crippen molar-refractivity contribution < 1.29 is 4.48 Å². The van der Waals surface area contributed by atoms with Gasteiger partial charge in [-0.25, -0.2) is 4.98 Å². The Morgan fingerprint density at radius 2 is 1.64 bits per heavy atom. The van der Waals surface area contributed by atoms with E-state index in [2.05, 4.69) is 31.8 Å². The van der Waals surface area contributed by atoms with E-state index in [1.165, 1.54) is 69.9 Å². The Kier molecular flexibility index (Phi) is 4.03. The van der Waals surface area contributed by atoms with E-state index in [0.29, 0.717) is 0 Å². The van der Waals surface area contributed by atoms with Gasteiger partial charge in [0.25, 0.3) is 0 Å².